The van der Waals surface area contributed by atoms with Crippen LogP contribution in [0, 0.1) is 0 Å². The molecule has 0 saturated carbocycles. The highest BCUT2D eigenvalue weighted by atomic mass is 32.2. The molecule has 110 valence electrons. The van der Waals surface area contributed by atoms with Gasteiger partial charge in [-0.25, -0.2) is 13.4 Å². The van der Waals surface area contributed by atoms with Crippen LogP contribution in [-0.4, -0.2) is 30.8 Å². The van der Waals surface area contributed by atoms with Crippen molar-refractivity contribution in [2.24, 2.45) is 0 Å². The summed E-state index contributed by atoms with van der Waals surface area (Å²) in [5.41, 5.74) is 6.39. The summed E-state index contributed by atoms with van der Waals surface area (Å²) in [4.78, 5) is 4.46. The van der Waals surface area contributed by atoms with Gasteiger partial charge in [0, 0.05) is 13.1 Å². The normalized spacial score (nSPS) is 12.3. The van der Waals surface area contributed by atoms with Gasteiger partial charge in [0.2, 0.25) is 10.0 Å². The molecule has 0 aliphatic rings. The van der Waals surface area contributed by atoms with E-state index < -0.39 is 10.0 Å². The SMILES string of the molecule is CCCN(CCC)S(=O)(=O)c1ccc2nc(N)sc2c1. The minimum absolute atomic E-state index is 0.315. The van der Waals surface area contributed by atoms with Crippen LogP contribution in [0.4, 0.5) is 5.13 Å². The molecule has 0 aliphatic carbocycles. The van der Waals surface area contributed by atoms with Crippen LogP contribution in [0.15, 0.2) is 23.1 Å². The molecule has 1 aromatic heterocycles. The van der Waals surface area contributed by atoms with Crippen LogP contribution < -0.4 is 5.73 Å². The largest absolute Gasteiger partial charge is 0.375 e. The summed E-state index contributed by atoms with van der Waals surface area (Å²) in [7, 11) is -3.44. The first kappa shape index (κ1) is 15.2. The number of nitrogens with zero attached hydrogens (tertiary/aromatic N) is 2. The van der Waals surface area contributed by atoms with E-state index in [9.17, 15) is 8.42 Å². The zero-order valence-electron chi connectivity index (χ0n) is 11.7. The van der Waals surface area contributed by atoms with E-state index in [1.807, 2.05) is 13.8 Å². The lowest BCUT2D eigenvalue weighted by Gasteiger charge is -2.20. The molecule has 0 fully saturated rings. The van der Waals surface area contributed by atoms with Crippen LogP contribution >= 0.6 is 11.3 Å². The maximum atomic E-state index is 12.6. The highest BCUT2D eigenvalue weighted by Gasteiger charge is 2.23. The zero-order valence-corrected chi connectivity index (χ0v) is 13.3. The van der Waals surface area contributed by atoms with Crippen molar-refractivity contribution in [2.75, 3.05) is 18.8 Å². The molecule has 0 unspecified atom stereocenters. The number of nitrogen functional groups attached to an aromatic ring is 1. The van der Waals surface area contributed by atoms with E-state index in [1.165, 1.54) is 11.3 Å². The summed E-state index contributed by atoms with van der Waals surface area (Å²) in [5.74, 6) is 0. The number of thiazole rings is 1. The predicted octanol–water partition coefficient (Wildman–Crippen LogP) is 2.69. The molecule has 1 heterocycles. The summed E-state index contributed by atoms with van der Waals surface area (Å²) in [6, 6.07) is 4.98. The molecular weight excluding hydrogens is 294 g/mol. The molecule has 0 radical (unpaired) electrons. The number of hydrogen-bond donors (Lipinski definition) is 1. The van der Waals surface area contributed by atoms with E-state index in [-0.39, 0.29) is 0 Å². The smallest absolute Gasteiger partial charge is 0.243 e. The second kappa shape index (κ2) is 6.07. The van der Waals surface area contributed by atoms with Gasteiger partial charge in [-0.1, -0.05) is 25.2 Å². The Bertz CT molecular complexity index is 689. The van der Waals surface area contributed by atoms with Crippen molar-refractivity contribution in [3.63, 3.8) is 0 Å². The van der Waals surface area contributed by atoms with Crippen molar-refractivity contribution in [3.8, 4) is 0 Å². The second-order valence-electron chi connectivity index (χ2n) is 4.59. The molecule has 1 aromatic carbocycles. The first-order valence-electron chi connectivity index (χ1n) is 6.65. The Morgan fingerprint density at radius 2 is 1.90 bits per heavy atom. The van der Waals surface area contributed by atoms with Gasteiger partial charge in [0.15, 0.2) is 5.13 Å². The molecule has 0 atom stereocenters. The predicted molar refractivity (Wildman–Crippen MR) is 83.4 cm³/mol. The van der Waals surface area contributed by atoms with Crippen LogP contribution in [0.25, 0.3) is 10.2 Å². The van der Waals surface area contributed by atoms with Gasteiger partial charge in [0.25, 0.3) is 0 Å². The van der Waals surface area contributed by atoms with Gasteiger partial charge in [-0.05, 0) is 31.0 Å². The Kier molecular flexibility index (Phi) is 4.62. The van der Waals surface area contributed by atoms with E-state index in [0.717, 1.165) is 23.1 Å². The lowest BCUT2D eigenvalue weighted by molar-refractivity contribution is 0.410. The molecule has 0 aliphatic heterocycles. The quantitative estimate of drug-likeness (QED) is 0.889. The van der Waals surface area contributed by atoms with Crippen LogP contribution in [0.2, 0.25) is 0 Å². The number of fused-ring (bicyclic) bond motifs is 1. The maximum Gasteiger partial charge on any atom is 0.243 e. The van der Waals surface area contributed by atoms with Crippen molar-refractivity contribution in [3.05, 3.63) is 18.2 Å². The van der Waals surface area contributed by atoms with Crippen molar-refractivity contribution in [2.45, 2.75) is 31.6 Å². The molecule has 5 nitrogen and oxygen atoms in total. The van der Waals surface area contributed by atoms with Crippen molar-refractivity contribution < 1.29 is 8.42 Å². The third-order valence-electron chi connectivity index (χ3n) is 2.96. The van der Waals surface area contributed by atoms with Crippen LogP contribution in [-0.2, 0) is 10.0 Å². The number of aromatic nitrogens is 1. The monoisotopic (exact) mass is 313 g/mol. The van der Waals surface area contributed by atoms with E-state index in [4.69, 9.17) is 5.73 Å². The highest BCUT2D eigenvalue weighted by molar-refractivity contribution is 7.89. The van der Waals surface area contributed by atoms with E-state index >= 15 is 0 Å². The average molecular weight is 313 g/mol. The Morgan fingerprint density at radius 3 is 2.50 bits per heavy atom. The van der Waals surface area contributed by atoms with Gasteiger partial charge < -0.3 is 5.73 Å². The molecule has 7 heteroatoms. The van der Waals surface area contributed by atoms with Gasteiger partial charge in [-0.3, -0.25) is 0 Å². The van der Waals surface area contributed by atoms with Gasteiger partial charge in [-0.2, -0.15) is 4.31 Å². The molecule has 2 aromatic rings. The van der Waals surface area contributed by atoms with Crippen LogP contribution in [0.5, 0.6) is 0 Å². The molecule has 0 bridgehead atoms. The zero-order chi connectivity index (χ0) is 14.8. The minimum Gasteiger partial charge on any atom is -0.375 e. The van der Waals surface area contributed by atoms with Crippen molar-refractivity contribution in [1.29, 1.82) is 0 Å². The fraction of sp³-hybridized carbons (Fsp3) is 0.462. The third-order valence-corrected chi connectivity index (χ3v) is 5.70. The first-order chi connectivity index (χ1) is 9.48. The number of rotatable bonds is 6. The van der Waals surface area contributed by atoms with E-state index in [0.29, 0.717) is 23.1 Å². The van der Waals surface area contributed by atoms with Gasteiger partial charge in [0.1, 0.15) is 0 Å². The standard InChI is InChI=1S/C13H19N3O2S2/c1-3-7-16(8-4-2)20(17,18)10-5-6-11-12(9-10)19-13(14)15-11/h5-6,9H,3-4,7-8H2,1-2H3,(H2,14,15). The van der Waals surface area contributed by atoms with Gasteiger partial charge in [0.05, 0.1) is 15.1 Å². The summed E-state index contributed by atoms with van der Waals surface area (Å²) < 4.78 is 27.6. The third kappa shape index (κ3) is 2.94. The summed E-state index contributed by atoms with van der Waals surface area (Å²) in [5, 5.41) is 0.452. The van der Waals surface area contributed by atoms with Crippen molar-refractivity contribution >= 4 is 36.7 Å². The van der Waals surface area contributed by atoms with Gasteiger partial charge >= 0.3 is 0 Å². The number of anilines is 1. The fourth-order valence-electron chi connectivity index (χ4n) is 2.08. The average Bonchev–Trinajstić information content (AvgIpc) is 2.77. The first-order valence-corrected chi connectivity index (χ1v) is 8.91. The number of nitrogens with two attached hydrogens (primary N) is 1. The molecule has 0 spiro atoms. The lowest BCUT2D eigenvalue weighted by atomic mass is 10.3. The highest BCUT2D eigenvalue weighted by Crippen LogP contribution is 2.27. The lowest BCUT2D eigenvalue weighted by Crippen LogP contribution is -2.32. The van der Waals surface area contributed by atoms with Crippen molar-refractivity contribution in [1.82, 2.24) is 9.29 Å². The minimum atomic E-state index is -3.44. The Labute approximate surface area is 123 Å². The molecular formula is C13H19N3O2S2. The number of hydrogen-bond acceptors (Lipinski definition) is 5. The Hall–Kier alpha value is -1.18. The molecule has 20 heavy (non-hydrogen) atoms. The molecule has 2 rings (SSSR count). The van der Waals surface area contributed by atoms with E-state index in [1.54, 1.807) is 22.5 Å². The fourth-order valence-corrected chi connectivity index (χ4v) is 4.58. The summed E-state index contributed by atoms with van der Waals surface area (Å²) in [6.45, 7) is 5.04. The maximum absolute atomic E-state index is 12.6. The molecule has 0 saturated heterocycles. The van der Waals surface area contributed by atoms with Crippen LogP contribution in [0.1, 0.15) is 26.7 Å². The van der Waals surface area contributed by atoms with Crippen LogP contribution in [0.3, 0.4) is 0 Å². The summed E-state index contributed by atoms with van der Waals surface area (Å²) >= 11 is 1.30. The molecule has 2 N–H and O–H groups in total. The second-order valence-corrected chi connectivity index (χ2v) is 7.59. The topological polar surface area (TPSA) is 76.3 Å². The Morgan fingerprint density at radius 1 is 1.25 bits per heavy atom. The molecule has 0 amide bonds. The number of benzene rings is 1. The van der Waals surface area contributed by atoms with E-state index in [2.05, 4.69) is 4.98 Å². The Balaban J connectivity index is 2.43. The summed E-state index contributed by atoms with van der Waals surface area (Å²) in [6.07, 6.45) is 1.60. The van der Waals surface area contributed by atoms with Gasteiger partial charge in [-0.15, -0.1) is 0 Å². The number of sulfonamides is 1.